The summed E-state index contributed by atoms with van der Waals surface area (Å²) >= 11 is 0. The molecule has 2 saturated heterocycles. The number of rotatable bonds is 3. The van der Waals surface area contributed by atoms with E-state index in [0.717, 1.165) is 30.8 Å². The van der Waals surface area contributed by atoms with Crippen LogP contribution in [0.2, 0.25) is 0 Å². The molecule has 0 spiro atoms. The predicted molar refractivity (Wildman–Crippen MR) is 118 cm³/mol. The zero-order valence-electron chi connectivity index (χ0n) is 17.6. The molecular weight excluding hydrogens is 402 g/mol. The minimum atomic E-state index is -0.154. The molecular formula is C22H30ClN5O2. The van der Waals surface area contributed by atoms with E-state index >= 15 is 0 Å². The number of likely N-dealkylation sites (tertiary alicyclic amines) is 1. The van der Waals surface area contributed by atoms with Crippen LogP contribution in [0.15, 0.2) is 36.7 Å². The summed E-state index contributed by atoms with van der Waals surface area (Å²) in [5, 5.41) is 3.38. The molecule has 0 aliphatic carbocycles. The fourth-order valence-corrected chi connectivity index (χ4v) is 4.37. The van der Waals surface area contributed by atoms with Gasteiger partial charge in [-0.05, 0) is 31.9 Å². The van der Waals surface area contributed by atoms with E-state index in [1.807, 2.05) is 58.8 Å². The Balaban J connectivity index is 0.00000256. The third-order valence-corrected chi connectivity index (χ3v) is 6.04. The van der Waals surface area contributed by atoms with Gasteiger partial charge in [-0.3, -0.25) is 9.59 Å². The molecule has 4 rings (SSSR count). The summed E-state index contributed by atoms with van der Waals surface area (Å²) in [5.74, 6) is 0.900. The summed E-state index contributed by atoms with van der Waals surface area (Å²) in [6.07, 6.45) is 5.37. The Kier molecular flexibility index (Phi) is 7.15. The van der Waals surface area contributed by atoms with E-state index in [1.54, 1.807) is 6.20 Å². The zero-order valence-corrected chi connectivity index (χ0v) is 18.4. The summed E-state index contributed by atoms with van der Waals surface area (Å²) in [7, 11) is 1.96. The quantitative estimate of drug-likeness (QED) is 0.808. The first kappa shape index (κ1) is 22.3. The van der Waals surface area contributed by atoms with E-state index in [-0.39, 0.29) is 36.2 Å². The monoisotopic (exact) mass is 431 g/mol. The Hall–Kier alpha value is -2.38. The number of piperazine rings is 1. The number of carbonyl (C=O) groups is 2. The lowest BCUT2D eigenvalue weighted by atomic mass is 9.94. The molecule has 2 aromatic rings. The van der Waals surface area contributed by atoms with Gasteiger partial charge in [0.15, 0.2) is 0 Å². The molecule has 2 fully saturated rings. The van der Waals surface area contributed by atoms with Crippen molar-refractivity contribution in [2.75, 3.05) is 32.7 Å². The number of amides is 2. The molecule has 2 unspecified atom stereocenters. The number of hydrogen-bond acceptors (Lipinski definition) is 4. The summed E-state index contributed by atoms with van der Waals surface area (Å²) < 4.78 is 1.98. The van der Waals surface area contributed by atoms with Gasteiger partial charge in [0.25, 0.3) is 5.91 Å². The second-order valence-electron chi connectivity index (χ2n) is 8.10. The Bertz CT molecular complexity index is 882. The molecule has 7 nitrogen and oxygen atoms in total. The number of nitrogens with one attached hydrogen (secondary N) is 1. The first-order chi connectivity index (χ1) is 14.0. The largest absolute Gasteiger partial charge is 0.338 e. The van der Waals surface area contributed by atoms with Gasteiger partial charge < -0.3 is 19.7 Å². The van der Waals surface area contributed by atoms with E-state index in [1.165, 1.54) is 0 Å². The van der Waals surface area contributed by atoms with Crippen molar-refractivity contribution in [1.29, 1.82) is 0 Å². The number of benzene rings is 1. The maximum absolute atomic E-state index is 13.4. The van der Waals surface area contributed by atoms with Gasteiger partial charge in [-0.2, -0.15) is 0 Å². The zero-order chi connectivity index (χ0) is 20.4. The number of imidazole rings is 1. The maximum atomic E-state index is 13.4. The smallest absolute Gasteiger partial charge is 0.253 e. The van der Waals surface area contributed by atoms with E-state index in [4.69, 9.17) is 0 Å². The lowest BCUT2D eigenvalue weighted by Crippen LogP contribution is -2.53. The average Bonchev–Trinajstić information content (AvgIpc) is 3.19. The van der Waals surface area contributed by atoms with Crippen LogP contribution in [0.5, 0.6) is 0 Å². The number of aromatic nitrogens is 2. The van der Waals surface area contributed by atoms with Crippen LogP contribution < -0.4 is 5.32 Å². The molecule has 2 atom stereocenters. The molecule has 3 heterocycles. The van der Waals surface area contributed by atoms with Crippen molar-refractivity contribution in [3.63, 3.8) is 0 Å². The standard InChI is InChI=1S/C22H29N5O2.ClH/c1-16-5-7-17(8-6-16)21(28)26-11-3-4-18(15-26)22(29)27-13-9-23-14-19(27)20-24-10-12-25(20)2;/h5-8,10,12,18-19,23H,3-4,9,11,13-15H2,1-2H3;1H. The molecule has 1 N–H and O–H groups in total. The van der Waals surface area contributed by atoms with E-state index < -0.39 is 0 Å². The summed E-state index contributed by atoms with van der Waals surface area (Å²) in [6, 6.07) is 7.59. The fraction of sp³-hybridized carbons (Fsp3) is 0.500. The Morgan fingerprint density at radius 2 is 1.93 bits per heavy atom. The Morgan fingerprint density at radius 1 is 1.17 bits per heavy atom. The van der Waals surface area contributed by atoms with Crippen LogP contribution in [0.25, 0.3) is 0 Å². The van der Waals surface area contributed by atoms with Gasteiger partial charge in [0, 0.05) is 57.7 Å². The SMILES string of the molecule is Cc1ccc(C(=O)N2CCCC(C(=O)N3CCNCC3c3nccn3C)C2)cc1.Cl. The Morgan fingerprint density at radius 3 is 2.63 bits per heavy atom. The third kappa shape index (κ3) is 4.52. The first-order valence-corrected chi connectivity index (χ1v) is 10.4. The van der Waals surface area contributed by atoms with Gasteiger partial charge in [-0.15, -0.1) is 12.4 Å². The van der Waals surface area contributed by atoms with Crippen LogP contribution in [0.4, 0.5) is 0 Å². The topological polar surface area (TPSA) is 70.5 Å². The predicted octanol–water partition coefficient (Wildman–Crippen LogP) is 2.18. The number of piperidine rings is 1. The average molecular weight is 432 g/mol. The van der Waals surface area contributed by atoms with Gasteiger partial charge in [-0.25, -0.2) is 4.98 Å². The van der Waals surface area contributed by atoms with Crippen molar-refractivity contribution in [1.82, 2.24) is 24.7 Å². The molecule has 1 aromatic heterocycles. The molecule has 30 heavy (non-hydrogen) atoms. The number of carbonyl (C=O) groups excluding carboxylic acids is 2. The molecule has 0 radical (unpaired) electrons. The summed E-state index contributed by atoms with van der Waals surface area (Å²) in [6.45, 7) is 5.36. The summed E-state index contributed by atoms with van der Waals surface area (Å²) in [5.41, 5.74) is 1.82. The second kappa shape index (κ2) is 9.62. The second-order valence-corrected chi connectivity index (χ2v) is 8.10. The highest BCUT2D eigenvalue weighted by Gasteiger charge is 2.36. The highest BCUT2D eigenvalue weighted by atomic mass is 35.5. The molecule has 2 amide bonds. The van der Waals surface area contributed by atoms with Crippen molar-refractivity contribution in [2.45, 2.75) is 25.8 Å². The number of nitrogens with zero attached hydrogens (tertiary/aromatic N) is 4. The van der Waals surface area contributed by atoms with Crippen LogP contribution in [-0.4, -0.2) is 63.9 Å². The van der Waals surface area contributed by atoms with Gasteiger partial charge >= 0.3 is 0 Å². The molecule has 0 bridgehead atoms. The highest BCUT2D eigenvalue weighted by molar-refractivity contribution is 5.94. The van der Waals surface area contributed by atoms with Crippen LogP contribution in [-0.2, 0) is 11.8 Å². The lowest BCUT2D eigenvalue weighted by molar-refractivity contribution is -0.140. The van der Waals surface area contributed by atoms with Crippen LogP contribution in [0, 0.1) is 12.8 Å². The van der Waals surface area contributed by atoms with Crippen LogP contribution >= 0.6 is 12.4 Å². The maximum Gasteiger partial charge on any atom is 0.253 e. The van der Waals surface area contributed by atoms with E-state index in [2.05, 4.69) is 10.3 Å². The summed E-state index contributed by atoms with van der Waals surface area (Å²) in [4.78, 5) is 34.6. The number of aryl methyl sites for hydroxylation is 2. The van der Waals surface area contributed by atoms with Gasteiger partial charge in [0.1, 0.15) is 11.9 Å². The third-order valence-electron chi connectivity index (χ3n) is 6.04. The minimum Gasteiger partial charge on any atom is -0.338 e. The molecule has 162 valence electrons. The number of halogens is 1. The molecule has 8 heteroatoms. The van der Waals surface area contributed by atoms with Crippen LogP contribution in [0.1, 0.15) is 40.6 Å². The number of hydrogen-bond donors (Lipinski definition) is 1. The van der Waals surface area contributed by atoms with Crippen molar-refractivity contribution < 1.29 is 9.59 Å². The molecule has 2 aliphatic heterocycles. The van der Waals surface area contributed by atoms with Crippen molar-refractivity contribution in [2.24, 2.45) is 13.0 Å². The van der Waals surface area contributed by atoms with Gasteiger partial charge in [0.2, 0.25) is 5.91 Å². The fourth-order valence-electron chi connectivity index (χ4n) is 4.37. The molecule has 1 aromatic carbocycles. The van der Waals surface area contributed by atoms with Gasteiger partial charge in [-0.1, -0.05) is 17.7 Å². The first-order valence-electron chi connectivity index (χ1n) is 10.4. The van der Waals surface area contributed by atoms with Gasteiger partial charge in [0.05, 0.1) is 5.92 Å². The van der Waals surface area contributed by atoms with Crippen molar-refractivity contribution in [3.05, 3.63) is 53.6 Å². The van der Waals surface area contributed by atoms with Crippen molar-refractivity contribution >= 4 is 24.2 Å². The van der Waals surface area contributed by atoms with Crippen molar-refractivity contribution in [3.8, 4) is 0 Å². The molecule has 0 saturated carbocycles. The Labute approximate surface area is 183 Å². The molecule has 2 aliphatic rings. The van der Waals surface area contributed by atoms with Crippen LogP contribution in [0.3, 0.4) is 0 Å². The van der Waals surface area contributed by atoms with E-state index in [0.29, 0.717) is 31.7 Å². The minimum absolute atomic E-state index is 0. The lowest BCUT2D eigenvalue weighted by Gasteiger charge is -2.40. The highest BCUT2D eigenvalue weighted by Crippen LogP contribution is 2.27. The normalized spacial score (nSPS) is 21.8. The van der Waals surface area contributed by atoms with E-state index in [9.17, 15) is 9.59 Å².